The summed E-state index contributed by atoms with van der Waals surface area (Å²) >= 11 is 0. The van der Waals surface area contributed by atoms with E-state index in [9.17, 15) is 35.9 Å². The van der Waals surface area contributed by atoms with E-state index in [0.29, 0.717) is 25.0 Å². The summed E-state index contributed by atoms with van der Waals surface area (Å²) in [6.45, 7) is 0.295. The van der Waals surface area contributed by atoms with E-state index in [0.717, 1.165) is 0 Å². The molecule has 1 saturated heterocycles. The van der Waals surface area contributed by atoms with E-state index in [2.05, 4.69) is 0 Å². The van der Waals surface area contributed by atoms with Crippen molar-refractivity contribution in [2.75, 3.05) is 13.1 Å². The number of hydrogen-bond donors (Lipinski definition) is 1. The summed E-state index contributed by atoms with van der Waals surface area (Å²) in [5, 5.41) is 8.72. The Morgan fingerprint density at radius 1 is 1.04 bits per heavy atom. The Labute approximate surface area is 150 Å². The monoisotopic (exact) mass is 397 g/mol. The number of carboxylic acids is 1. The van der Waals surface area contributed by atoms with Crippen LogP contribution in [0.5, 0.6) is 0 Å². The van der Waals surface area contributed by atoms with Gasteiger partial charge in [0.25, 0.3) is 5.91 Å². The van der Waals surface area contributed by atoms with Gasteiger partial charge in [-0.05, 0) is 43.4 Å². The van der Waals surface area contributed by atoms with Crippen molar-refractivity contribution in [2.45, 2.75) is 38.0 Å². The topological polar surface area (TPSA) is 57.6 Å². The van der Waals surface area contributed by atoms with Gasteiger partial charge in [0.1, 0.15) is 0 Å². The number of piperidine rings is 1. The Morgan fingerprint density at radius 3 is 2.07 bits per heavy atom. The maximum atomic E-state index is 12.9. The van der Waals surface area contributed by atoms with Gasteiger partial charge in [-0.15, -0.1) is 0 Å². The number of benzene rings is 1. The first-order chi connectivity index (χ1) is 12.4. The van der Waals surface area contributed by atoms with Gasteiger partial charge in [0.15, 0.2) is 0 Å². The number of hydrogen-bond acceptors (Lipinski definition) is 2. The second-order valence-corrected chi connectivity index (χ2v) is 6.49. The molecule has 1 amide bonds. The molecule has 1 heterocycles. The molecule has 0 aromatic heterocycles. The van der Waals surface area contributed by atoms with Crippen molar-refractivity contribution in [1.82, 2.24) is 4.90 Å². The van der Waals surface area contributed by atoms with E-state index in [1.165, 1.54) is 4.90 Å². The van der Waals surface area contributed by atoms with Crippen LogP contribution in [0.25, 0.3) is 0 Å². The number of carbonyl (C=O) groups is 2. The summed E-state index contributed by atoms with van der Waals surface area (Å²) in [6.07, 6.45) is -8.73. The summed E-state index contributed by atoms with van der Waals surface area (Å²) in [5.41, 5.74) is -3.77. The fourth-order valence-corrected chi connectivity index (χ4v) is 3.07. The van der Waals surface area contributed by atoms with E-state index in [1.807, 2.05) is 0 Å². The summed E-state index contributed by atoms with van der Waals surface area (Å²) in [7, 11) is 0. The molecule has 0 saturated carbocycles. The zero-order valence-corrected chi connectivity index (χ0v) is 14.0. The molecule has 1 fully saturated rings. The first-order valence-electron chi connectivity index (χ1n) is 8.18. The average Bonchev–Trinajstić information content (AvgIpc) is 2.57. The van der Waals surface area contributed by atoms with Gasteiger partial charge in [-0.3, -0.25) is 9.59 Å². The lowest BCUT2D eigenvalue weighted by atomic mass is 9.92. The van der Waals surface area contributed by atoms with Gasteiger partial charge in [0.2, 0.25) is 0 Å². The van der Waals surface area contributed by atoms with Crippen molar-refractivity contribution in [3.8, 4) is 0 Å². The lowest BCUT2D eigenvalue weighted by molar-refractivity contribution is -0.143. The predicted molar refractivity (Wildman–Crippen MR) is 81.9 cm³/mol. The number of nitrogens with zero attached hydrogens (tertiary/aromatic N) is 1. The van der Waals surface area contributed by atoms with Crippen LogP contribution in [-0.4, -0.2) is 35.0 Å². The van der Waals surface area contributed by atoms with Crippen molar-refractivity contribution in [1.29, 1.82) is 0 Å². The predicted octanol–water partition coefficient (Wildman–Crippen LogP) is 4.44. The van der Waals surface area contributed by atoms with E-state index in [-0.39, 0.29) is 37.9 Å². The molecule has 1 atom stereocenters. The molecule has 4 nitrogen and oxygen atoms in total. The molecule has 0 spiro atoms. The van der Waals surface area contributed by atoms with Crippen LogP contribution in [0.2, 0.25) is 0 Å². The van der Waals surface area contributed by atoms with Crippen molar-refractivity contribution in [3.63, 3.8) is 0 Å². The van der Waals surface area contributed by atoms with Crippen LogP contribution < -0.4 is 0 Å². The Bertz CT molecular complexity index is 681. The number of likely N-dealkylation sites (tertiary alicyclic amines) is 1. The molecular weight excluding hydrogens is 380 g/mol. The molecule has 1 aliphatic rings. The molecule has 1 aromatic carbocycles. The number of rotatable bonds is 4. The van der Waals surface area contributed by atoms with Crippen molar-refractivity contribution in [3.05, 3.63) is 34.9 Å². The van der Waals surface area contributed by atoms with Crippen LogP contribution in [0.15, 0.2) is 18.2 Å². The highest BCUT2D eigenvalue weighted by Crippen LogP contribution is 2.36. The minimum atomic E-state index is -5.03. The molecular formula is C17H17F6NO3. The highest BCUT2D eigenvalue weighted by molar-refractivity contribution is 5.94. The van der Waals surface area contributed by atoms with Crippen LogP contribution in [0.1, 0.15) is 47.2 Å². The number of carboxylic acid groups (broad SMARTS) is 1. The van der Waals surface area contributed by atoms with Gasteiger partial charge < -0.3 is 10.0 Å². The summed E-state index contributed by atoms with van der Waals surface area (Å²) < 4.78 is 77.6. The average molecular weight is 397 g/mol. The van der Waals surface area contributed by atoms with Crippen LogP contribution in [0, 0.1) is 5.92 Å². The molecule has 27 heavy (non-hydrogen) atoms. The Hall–Kier alpha value is -2.26. The highest BCUT2D eigenvalue weighted by Gasteiger charge is 2.38. The lowest BCUT2D eigenvalue weighted by Crippen LogP contribution is -2.40. The lowest BCUT2D eigenvalue weighted by Gasteiger charge is -2.33. The summed E-state index contributed by atoms with van der Waals surface area (Å²) in [6, 6.07) is 0.805. The Balaban J connectivity index is 2.27. The zero-order valence-electron chi connectivity index (χ0n) is 14.0. The van der Waals surface area contributed by atoms with Gasteiger partial charge in [0, 0.05) is 25.1 Å². The first kappa shape index (κ1) is 21.0. The summed E-state index contributed by atoms with van der Waals surface area (Å²) in [4.78, 5) is 24.4. The Kier molecular flexibility index (Phi) is 6.06. The normalized spacial score (nSPS) is 18.4. The minimum absolute atomic E-state index is 0.0252. The molecule has 2 rings (SSSR count). The molecule has 1 aromatic rings. The third-order valence-corrected chi connectivity index (χ3v) is 4.41. The maximum absolute atomic E-state index is 12.9. The number of amides is 1. The first-order valence-corrected chi connectivity index (χ1v) is 8.18. The number of alkyl halides is 6. The van der Waals surface area contributed by atoms with Crippen LogP contribution in [-0.2, 0) is 17.1 Å². The van der Waals surface area contributed by atoms with Gasteiger partial charge in [-0.25, -0.2) is 0 Å². The molecule has 10 heteroatoms. The largest absolute Gasteiger partial charge is 0.481 e. The fourth-order valence-electron chi connectivity index (χ4n) is 3.07. The second kappa shape index (κ2) is 7.77. The molecule has 1 aliphatic heterocycles. The fraction of sp³-hybridized carbons (Fsp3) is 0.529. The number of halogens is 6. The van der Waals surface area contributed by atoms with Gasteiger partial charge in [-0.2, -0.15) is 26.3 Å². The number of aliphatic carboxylic acids is 1. The third-order valence-electron chi connectivity index (χ3n) is 4.41. The van der Waals surface area contributed by atoms with Gasteiger partial charge >= 0.3 is 18.3 Å². The van der Waals surface area contributed by atoms with E-state index >= 15 is 0 Å². The van der Waals surface area contributed by atoms with Gasteiger partial charge in [0.05, 0.1) is 11.1 Å². The standard InChI is InChI=1S/C17H17F6NO3/c18-16(19,20)12-6-11(7-13(8-12)17(21,22)23)15(27)24-5-1-2-10(9-24)3-4-14(25)26/h6-8,10H,1-5,9H2,(H,25,26). The van der Waals surface area contributed by atoms with E-state index in [4.69, 9.17) is 5.11 Å². The zero-order chi connectivity index (χ0) is 20.4. The van der Waals surface area contributed by atoms with Crippen molar-refractivity contribution in [2.24, 2.45) is 5.92 Å². The van der Waals surface area contributed by atoms with Crippen LogP contribution >= 0.6 is 0 Å². The minimum Gasteiger partial charge on any atom is -0.481 e. The molecule has 0 bridgehead atoms. The highest BCUT2D eigenvalue weighted by atomic mass is 19.4. The molecule has 1 unspecified atom stereocenters. The second-order valence-electron chi connectivity index (χ2n) is 6.49. The van der Waals surface area contributed by atoms with E-state index < -0.39 is 40.9 Å². The third kappa shape index (κ3) is 5.61. The molecule has 0 radical (unpaired) electrons. The molecule has 0 aliphatic carbocycles. The van der Waals surface area contributed by atoms with Crippen molar-refractivity contribution < 1.29 is 41.0 Å². The van der Waals surface area contributed by atoms with Gasteiger partial charge in [-0.1, -0.05) is 0 Å². The molecule has 150 valence electrons. The maximum Gasteiger partial charge on any atom is 0.416 e. The Morgan fingerprint density at radius 2 is 1.59 bits per heavy atom. The molecule has 1 N–H and O–H groups in total. The smallest absolute Gasteiger partial charge is 0.416 e. The number of carbonyl (C=O) groups excluding carboxylic acids is 1. The summed E-state index contributed by atoms with van der Waals surface area (Å²) in [5.74, 6) is -2.09. The SMILES string of the molecule is O=C(O)CCC1CCCN(C(=O)c2cc(C(F)(F)F)cc(C(F)(F)F)c2)C1. The van der Waals surface area contributed by atoms with Crippen molar-refractivity contribution >= 4 is 11.9 Å². The van der Waals surface area contributed by atoms with E-state index in [1.54, 1.807) is 0 Å². The van der Waals surface area contributed by atoms with Crippen LogP contribution in [0.3, 0.4) is 0 Å². The quantitative estimate of drug-likeness (QED) is 0.765. The van der Waals surface area contributed by atoms with Crippen LogP contribution in [0.4, 0.5) is 26.3 Å².